The predicted octanol–water partition coefficient (Wildman–Crippen LogP) is 5.47. The van der Waals surface area contributed by atoms with Gasteiger partial charge in [0, 0.05) is 12.0 Å². The minimum absolute atomic E-state index is 0.114. The normalized spacial score (nSPS) is 62.8. The quantitative estimate of drug-likeness (QED) is 0.492. The summed E-state index contributed by atoms with van der Waals surface area (Å²) in [5.41, 5.74) is 3.14. The maximum absolute atomic E-state index is 10.3. The van der Waals surface area contributed by atoms with E-state index in [-0.39, 0.29) is 11.7 Å². The van der Waals surface area contributed by atoms with Crippen LogP contribution in [0.2, 0.25) is 0 Å². The van der Waals surface area contributed by atoms with E-state index in [1.807, 2.05) is 0 Å². The Labute approximate surface area is 195 Å². The van der Waals surface area contributed by atoms with E-state index in [1.54, 1.807) is 5.57 Å². The minimum atomic E-state index is -0.188. The molecule has 178 valence electrons. The molecule has 0 radical (unpaired) electrons. The molecule has 3 heteroatoms. The van der Waals surface area contributed by atoms with Crippen molar-refractivity contribution in [3.8, 4) is 0 Å². The topological polar surface area (TPSA) is 41.5 Å². The van der Waals surface area contributed by atoms with Crippen LogP contribution in [0.15, 0.2) is 11.6 Å². The highest BCUT2D eigenvalue weighted by atomic mass is 16.5. The molecule has 0 aromatic heterocycles. The predicted molar refractivity (Wildman–Crippen MR) is 127 cm³/mol. The second kappa shape index (κ2) is 6.43. The van der Waals surface area contributed by atoms with Crippen LogP contribution in [0.3, 0.4) is 0 Å². The number of ether oxygens (including phenoxy) is 1. The molecule has 7 rings (SSSR count). The lowest BCUT2D eigenvalue weighted by Gasteiger charge is -2.49. The summed E-state index contributed by atoms with van der Waals surface area (Å²) >= 11 is 0. The van der Waals surface area contributed by atoms with Gasteiger partial charge in [0.05, 0.1) is 17.8 Å². The Morgan fingerprint density at radius 3 is 2.75 bits per heavy atom. The molecule has 4 saturated carbocycles. The molecule has 2 spiro atoms. The fourth-order valence-corrected chi connectivity index (χ4v) is 11.1. The van der Waals surface area contributed by atoms with E-state index >= 15 is 0 Å². The van der Waals surface area contributed by atoms with Crippen LogP contribution >= 0.6 is 0 Å². The number of piperidine rings is 1. The Balaban J connectivity index is 1.20. The van der Waals surface area contributed by atoms with Crippen molar-refractivity contribution in [2.75, 3.05) is 6.54 Å². The molecule has 0 aromatic rings. The Morgan fingerprint density at radius 1 is 1.06 bits per heavy atom. The van der Waals surface area contributed by atoms with E-state index in [1.165, 1.54) is 64.3 Å². The fourth-order valence-electron chi connectivity index (χ4n) is 11.1. The molecular weight excluding hydrogens is 394 g/mol. The summed E-state index contributed by atoms with van der Waals surface area (Å²) in [7, 11) is 0. The number of aliphatic hydroxyl groups is 1. The van der Waals surface area contributed by atoms with E-state index in [4.69, 9.17) is 4.74 Å². The standard InChI is InChI=1S/C29H45NO2/c1-17-11-24-25(30-14-17)18(2)29(32-24)10-8-22-21-6-5-19-12-20(31)7-9-27(19,4)23(21)13-28(22)15-26(28,3)16-29/h12,17-18,20-25,30-31H,5-11,13-16H2,1-4H3/t17-,18+,20-,21-,22-,23-,24+,25-,26?,27-,28?,29?/m0/s1. The van der Waals surface area contributed by atoms with Crippen molar-refractivity contribution in [1.82, 2.24) is 5.32 Å². The van der Waals surface area contributed by atoms with Gasteiger partial charge in [-0.1, -0.05) is 39.3 Å². The lowest BCUT2D eigenvalue weighted by molar-refractivity contribution is -0.0856. The second-order valence-electron chi connectivity index (χ2n) is 14.2. The van der Waals surface area contributed by atoms with Crippen LogP contribution in [0.25, 0.3) is 0 Å². The highest BCUT2D eigenvalue weighted by Gasteiger charge is 2.77. The number of fused-ring (bicyclic) bond motifs is 5. The van der Waals surface area contributed by atoms with Crippen LogP contribution in [0.1, 0.15) is 91.9 Å². The van der Waals surface area contributed by atoms with Crippen LogP contribution < -0.4 is 5.32 Å². The third-order valence-electron chi connectivity index (χ3n) is 12.8. The highest BCUT2D eigenvalue weighted by Crippen LogP contribution is 2.83. The third kappa shape index (κ3) is 2.49. The molecule has 0 aromatic carbocycles. The monoisotopic (exact) mass is 439 g/mol. The van der Waals surface area contributed by atoms with E-state index in [0.29, 0.717) is 34.3 Å². The largest absolute Gasteiger partial charge is 0.389 e. The molecule has 3 unspecified atom stereocenters. The number of hydrogen-bond acceptors (Lipinski definition) is 3. The molecule has 7 aliphatic rings. The van der Waals surface area contributed by atoms with Gasteiger partial charge in [0.25, 0.3) is 0 Å². The number of allylic oxidation sites excluding steroid dienone is 1. The maximum Gasteiger partial charge on any atom is 0.0742 e. The minimum Gasteiger partial charge on any atom is -0.389 e. The fraction of sp³-hybridized carbons (Fsp3) is 0.931. The Morgan fingerprint density at radius 2 is 1.91 bits per heavy atom. The number of hydrogen-bond donors (Lipinski definition) is 2. The molecule has 2 N–H and O–H groups in total. The molecule has 6 fully saturated rings. The summed E-state index contributed by atoms with van der Waals surface area (Å²) in [6, 6.07) is 0.574. The molecule has 2 heterocycles. The molecular formula is C29H45NO2. The summed E-state index contributed by atoms with van der Waals surface area (Å²) in [6.07, 6.45) is 15.4. The Bertz CT molecular complexity index is 854. The van der Waals surface area contributed by atoms with E-state index in [0.717, 1.165) is 30.1 Å². The average molecular weight is 440 g/mol. The zero-order chi connectivity index (χ0) is 22.1. The Kier molecular flexibility index (Phi) is 4.21. The van der Waals surface area contributed by atoms with Gasteiger partial charge in [-0.2, -0.15) is 0 Å². The molecule has 5 aliphatic carbocycles. The first kappa shape index (κ1) is 20.9. The van der Waals surface area contributed by atoms with Crippen LogP contribution in [-0.2, 0) is 4.74 Å². The summed E-state index contributed by atoms with van der Waals surface area (Å²) < 4.78 is 7.13. The van der Waals surface area contributed by atoms with E-state index < -0.39 is 0 Å². The van der Waals surface area contributed by atoms with Crippen LogP contribution in [0, 0.1) is 45.8 Å². The summed E-state index contributed by atoms with van der Waals surface area (Å²) in [6.45, 7) is 11.3. The molecule has 0 amide bonds. The van der Waals surface area contributed by atoms with Gasteiger partial charge in [-0.05, 0) is 111 Å². The van der Waals surface area contributed by atoms with Gasteiger partial charge in [-0.25, -0.2) is 0 Å². The van der Waals surface area contributed by atoms with Gasteiger partial charge < -0.3 is 15.2 Å². The lowest BCUT2D eigenvalue weighted by atomic mass is 9.56. The highest BCUT2D eigenvalue weighted by molar-refractivity contribution is 5.31. The van der Waals surface area contributed by atoms with Crippen LogP contribution in [-0.4, -0.2) is 35.5 Å². The second-order valence-corrected chi connectivity index (χ2v) is 14.2. The van der Waals surface area contributed by atoms with Crippen molar-refractivity contribution in [2.24, 2.45) is 45.8 Å². The van der Waals surface area contributed by atoms with Crippen molar-refractivity contribution < 1.29 is 9.84 Å². The molecule has 12 atom stereocenters. The van der Waals surface area contributed by atoms with Crippen LogP contribution in [0.5, 0.6) is 0 Å². The summed E-state index contributed by atoms with van der Waals surface area (Å²) in [5, 5.41) is 14.2. The number of nitrogens with one attached hydrogen (secondary N) is 1. The maximum atomic E-state index is 10.3. The zero-order valence-corrected chi connectivity index (χ0v) is 20.8. The SMILES string of the molecule is C[C@@H]1CN[C@H]2[C@@H](C)C3(CC[C@H]4[C@@H]5CCC6=C[C@@H](O)CC[C@]6(C)[C@H]5CC45CC5(C)C3)O[C@@H]2C1. The smallest absolute Gasteiger partial charge is 0.0742 e. The number of aliphatic hydroxyl groups excluding tert-OH is 1. The third-order valence-corrected chi connectivity index (χ3v) is 12.8. The summed E-state index contributed by atoms with van der Waals surface area (Å²) in [4.78, 5) is 0. The molecule has 2 aliphatic heterocycles. The molecule has 0 bridgehead atoms. The van der Waals surface area contributed by atoms with E-state index in [9.17, 15) is 5.11 Å². The lowest BCUT2D eigenvalue weighted by Crippen LogP contribution is -2.49. The Hall–Kier alpha value is -0.380. The molecule has 3 nitrogen and oxygen atoms in total. The van der Waals surface area contributed by atoms with Gasteiger partial charge in [0.1, 0.15) is 0 Å². The van der Waals surface area contributed by atoms with Crippen molar-refractivity contribution in [3.63, 3.8) is 0 Å². The zero-order valence-electron chi connectivity index (χ0n) is 20.8. The first-order chi connectivity index (χ1) is 15.2. The molecule has 2 saturated heterocycles. The van der Waals surface area contributed by atoms with E-state index in [2.05, 4.69) is 39.1 Å². The van der Waals surface area contributed by atoms with Gasteiger partial charge in [0.2, 0.25) is 0 Å². The first-order valence-corrected chi connectivity index (χ1v) is 14.0. The molecule has 32 heavy (non-hydrogen) atoms. The van der Waals surface area contributed by atoms with Crippen molar-refractivity contribution in [2.45, 2.75) is 116 Å². The average Bonchev–Trinajstić information content (AvgIpc) is 3.06. The van der Waals surface area contributed by atoms with Crippen molar-refractivity contribution >= 4 is 0 Å². The van der Waals surface area contributed by atoms with Gasteiger partial charge >= 0.3 is 0 Å². The number of rotatable bonds is 0. The van der Waals surface area contributed by atoms with Crippen LogP contribution in [0.4, 0.5) is 0 Å². The first-order valence-electron chi connectivity index (χ1n) is 14.0. The van der Waals surface area contributed by atoms with Gasteiger partial charge in [-0.15, -0.1) is 0 Å². The van der Waals surface area contributed by atoms with Crippen molar-refractivity contribution in [1.29, 1.82) is 0 Å². The van der Waals surface area contributed by atoms with Gasteiger partial charge in [-0.3, -0.25) is 0 Å². The summed E-state index contributed by atoms with van der Waals surface area (Å²) in [5.74, 6) is 4.05. The van der Waals surface area contributed by atoms with Crippen molar-refractivity contribution in [3.05, 3.63) is 11.6 Å². The van der Waals surface area contributed by atoms with Gasteiger partial charge in [0.15, 0.2) is 0 Å².